The summed E-state index contributed by atoms with van der Waals surface area (Å²) in [5.41, 5.74) is 3.98. The molecule has 0 N–H and O–H groups in total. The van der Waals surface area contributed by atoms with Crippen molar-refractivity contribution in [2.75, 3.05) is 18.6 Å². The number of carbonyl (C=O) groups excluding carboxylic acids is 1. The molecule has 1 aliphatic rings. The van der Waals surface area contributed by atoms with Gasteiger partial charge in [-0.1, -0.05) is 29.4 Å². The molecule has 6 nitrogen and oxygen atoms in total. The van der Waals surface area contributed by atoms with Gasteiger partial charge in [0.25, 0.3) is 0 Å². The Hall–Kier alpha value is -3.15. The molecule has 4 rings (SSSR count). The van der Waals surface area contributed by atoms with Gasteiger partial charge in [-0.05, 0) is 43.2 Å². The van der Waals surface area contributed by atoms with E-state index in [1.165, 1.54) is 0 Å². The van der Waals surface area contributed by atoms with E-state index < -0.39 is 0 Å². The maximum Gasteiger partial charge on any atom is 0.232 e. The van der Waals surface area contributed by atoms with Gasteiger partial charge in [-0.2, -0.15) is 4.98 Å². The van der Waals surface area contributed by atoms with E-state index in [4.69, 9.17) is 9.26 Å². The maximum atomic E-state index is 12.6. The molecule has 1 aliphatic heterocycles. The summed E-state index contributed by atoms with van der Waals surface area (Å²) in [7, 11) is 1.62. The Balaban J connectivity index is 1.58. The fourth-order valence-electron chi connectivity index (χ4n) is 3.40. The van der Waals surface area contributed by atoms with Gasteiger partial charge in [-0.25, -0.2) is 0 Å². The van der Waals surface area contributed by atoms with E-state index in [-0.39, 0.29) is 11.8 Å². The van der Waals surface area contributed by atoms with Crippen LogP contribution in [0.2, 0.25) is 0 Å². The van der Waals surface area contributed by atoms with Gasteiger partial charge < -0.3 is 14.2 Å². The van der Waals surface area contributed by atoms with Crippen LogP contribution in [0.15, 0.2) is 47.0 Å². The second-order valence-corrected chi connectivity index (χ2v) is 6.88. The number of benzene rings is 2. The lowest BCUT2D eigenvalue weighted by Gasteiger charge is -2.19. The van der Waals surface area contributed by atoms with Crippen LogP contribution in [0.4, 0.5) is 5.69 Å². The highest BCUT2D eigenvalue weighted by Gasteiger charge is 2.35. The van der Waals surface area contributed by atoms with Crippen LogP contribution in [-0.4, -0.2) is 29.7 Å². The maximum absolute atomic E-state index is 12.6. The molecule has 27 heavy (non-hydrogen) atoms. The summed E-state index contributed by atoms with van der Waals surface area (Å²) < 4.78 is 10.7. The van der Waals surface area contributed by atoms with E-state index in [2.05, 4.69) is 16.2 Å². The second-order valence-electron chi connectivity index (χ2n) is 6.88. The molecule has 0 bridgehead atoms. The zero-order valence-electron chi connectivity index (χ0n) is 15.6. The van der Waals surface area contributed by atoms with Gasteiger partial charge in [-0.15, -0.1) is 0 Å². The Morgan fingerprint density at radius 1 is 1.19 bits per heavy atom. The molecule has 2 heterocycles. The van der Waals surface area contributed by atoms with Crippen LogP contribution in [0.1, 0.15) is 29.4 Å². The van der Waals surface area contributed by atoms with Gasteiger partial charge >= 0.3 is 0 Å². The van der Waals surface area contributed by atoms with E-state index in [9.17, 15) is 4.79 Å². The smallest absolute Gasteiger partial charge is 0.232 e. The molecule has 1 saturated heterocycles. The van der Waals surface area contributed by atoms with Crippen molar-refractivity contribution in [1.29, 1.82) is 0 Å². The molecule has 6 heteroatoms. The first-order chi connectivity index (χ1) is 13.0. The first kappa shape index (κ1) is 17.3. The summed E-state index contributed by atoms with van der Waals surface area (Å²) >= 11 is 0. The first-order valence-corrected chi connectivity index (χ1v) is 8.91. The fourth-order valence-corrected chi connectivity index (χ4v) is 3.40. The number of aromatic nitrogens is 2. The predicted molar refractivity (Wildman–Crippen MR) is 102 cm³/mol. The number of ether oxygens (including phenoxy) is 1. The topological polar surface area (TPSA) is 68.5 Å². The van der Waals surface area contributed by atoms with Gasteiger partial charge in [0, 0.05) is 24.2 Å². The van der Waals surface area contributed by atoms with Crippen LogP contribution in [-0.2, 0) is 4.79 Å². The Kier molecular flexibility index (Phi) is 4.39. The molecular weight excluding hydrogens is 342 g/mol. The standard InChI is InChI=1S/C21H21N3O3/c1-13-7-8-14(2)18(9-13)24-12-16(11-19(24)25)21-22-20(23-27-21)15-5-4-6-17(10-15)26-3/h4-10,16H,11-12H2,1-3H3. The van der Waals surface area contributed by atoms with Crippen LogP contribution < -0.4 is 9.64 Å². The summed E-state index contributed by atoms with van der Waals surface area (Å²) in [6.45, 7) is 4.59. The van der Waals surface area contributed by atoms with Gasteiger partial charge in [0.1, 0.15) is 5.75 Å². The minimum atomic E-state index is -0.107. The van der Waals surface area contributed by atoms with Crippen molar-refractivity contribution >= 4 is 11.6 Å². The van der Waals surface area contributed by atoms with Crippen LogP contribution in [0.5, 0.6) is 5.75 Å². The minimum absolute atomic E-state index is 0.0785. The quantitative estimate of drug-likeness (QED) is 0.703. The van der Waals surface area contributed by atoms with Crippen molar-refractivity contribution in [2.45, 2.75) is 26.2 Å². The third kappa shape index (κ3) is 3.30. The average molecular weight is 363 g/mol. The monoisotopic (exact) mass is 363 g/mol. The molecule has 0 spiro atoms. The molecule has 3 aromatic rings. The Morgan fingerprint density at radius 3 is 2.85 bits per heavy atom. The number of aryl methyl sites for hydroxylation is 2. The highest BCUT2D eigenvalue weighted by atomic mass is 16.5. The Bertz CT molecular complexity index is 996. The van der Waals surface area contributed by atoms with Crippen molar-refractivity contribution in [2.24, 2.45) is 0 Å². The van der Waals surface area contributed by atoms with Crippen molar-refractivity contribution in [3.8, 4) is 17.1 Å². The van der Waals surface area contributed by atoms with Crippen molar-refractivity contribution < 1.29 is 14.1 Å². The molecule has 0 radical (unpaired) electrons. The second kappa shape index (κ2) is 6.87. The minimum Gasteiger partial charge on any atom is -0.497 e. The normalized spacial score (nSPS) is 16.8. The van der Waals surface area contributed by atoms with Gasteiger partial charge in [0.15, 0.2) is 0 Å². The van der Waals surface area contributed by atoms with Gasteiger partial charge in [0.2, 0.25) is 17.6 Å². The highest BCUT2D eigenvalue weighted by molar-refractivity contribution is 5.97. The van der Waals surface area contributed by atoms with Crippen LogP contribution in [0.25, 0.3) is 11.4 Å². The summed E-state index contributed by atoms with van der Waals surface area (Å²) in [4.78, 5) is 19.0. The molecule has 0 saturated carbocycles. The van der Waals surface area contributed by atoms with Gasteiger partial charge in [0.05, 0.1) is 13.0 Å². The number of methoxy groups -OCH3 is 1. The number of rotatable bonds is 4. The number of hydrogen-bond acceptors (Lipinski definition) is 5. The van der Waals surface area contributed by atoms with E-state index in [1.54, 1.807) is 7.11 Å². The lowest BCUT2D eigenvalue weighted by Crippen LogP contribution is -2.25. The largest absolute Gasteiger partial charge is 0.497 e. The van der Waals surface area contributed by atoms with Crippen molar-refractivity contribution in [3.05, 3.63) is 59.5 Å². The molecule has 2 aromatic carbocycles. The molecule has 1 atom stereocenters. The lowest BCUT2D eigenvalue weighted by atomic mass is 10.1. The highest BCUT2D eigenvalue weighted by Crippen LogP contribution is 2.34. The number of anilines is 1. The van der Waals surface area contributed by atoms with Crippen LogP contribution in [0, 0.1) is 13.8 Å². The molecular formula is C21H21N3O3. The van der Waals surface area contributed by atoms with E-state index >= 15 is 0 Å². The molecule has 1 amide bonds. The van der Waals surface area contributed by atoms with Crippen molar-refractivity contribution in [1.82, 2.24) is 10.1 Å². The zero-order chi connectivity index (χ0) is 19.0. The van der Waals surface area contributed by atoms with E-state index in [1.807, 2.05) is 55.1 Å². The number of nitrogens with zero attached hydrogens (tertiary/aromatic N) is 3. The summed E-state index contributed by atoms with van der Waals surface area (Å²) in [6, 6.07) is 13.6. The number of carbonyl (C=O) groups is 1. The Labute approximate surface area is 157 Å². The number of amides is 1. The van der Waals surface area contributed by atoms with Gasteiger partial charge in [-0.3, -0.25) is 4.79 Å². The predicted octanol–water partition coefficient (Wildman–Crippen LogP) is 3.88. The third-order valence-corrected chi connectivity index (χ3v) is 4.90. The summed E-state index contributed by atoms with van der Waals surface area (Å²) in [5.74, 6) is 1.70. The SMILES string of the molecule is COc1cccc(-c2noc(C3CC(=O)N(c4cc(C)ccc4C)C3)n2)c1. The lowest BCUT2D eigenvalue weighted by molar-refractivity contribution is -0.117. The third-order valence-electron chi connectivity index (χ3n) is 4.90. The van der Waals surface area contributed by atoms with E-state index in [0.29, 0.717) is 24.7 Å². The average Bonchev–Trinajstić information content (AvgIpc) is 3.31. The molecule has 1 aromatic heterocycles. The molecule has 1 unspecified atom stereocenters. The molecule has 1 fully saturated rings. The summed E-state index contributed by atoms with van der Waals surface area (Å²) in [5, 5.41) is 4.09. The zero-order valence-corrected chi connectivity index (χ0v) is 15.6. The molecule has 0 aliphatic carbocycles. The number of hydrogen-bond donors (Lipinski definition) is 0. The summed E-state index contributed by atoms with van der Waals surface area (Å²) in [6.07, 6.45) is 0.368. The van der Waals surface area contributed by atoms with E-state index in [0.717, 1.165) is 28.1 Å². The molecule has 138 valence electrons. The van der Waals surface area contributed by atoms with Crippen LogP contribution >= 0.6 is 0 Å². The Morgan fingerprint density at radius 2 is 2.04 bits per heavy atom. The fraction of sp³-hybridized carbons (Fsp3) is 0.286. The van der Waals surface area contributed by atoms with Crippen LogP contribution in [0.3, 0.4) is 0 Å². The first-order valence-electron chi connectivity index (χ1n) is 8.91. The van der Waals surface area contributed by atoms with Crippen molar-refractivity contribution in [3.63, 3.8) is 0 Å².